The number of sulfone groups is 1. The van der Waals surface area contributed by atoms with Crippen LogP contribution in [0.2, 0.25) is 0 Å². The molecule has 1 N–H and O–H groups in total. The lowest BCUT2D eigenvalue weighted by Crippen LogP contribution is -2.08. The van der Waals surface area contributed by atoms with Crippen molar-refractivity contribution in [3.05, 3.63) is 24.3 Å². The molecule has 0 aliphatic rings. The van der Waals surface area contributed by atoms with Crippen molar-refractivity contribution in [2.75, 3.05) is 31.8 Å². The lowest BCUT2D eigenvalue weighted by atomic mass is 10.3. The Morgan fingerprint density at radius 1 is 1.31 bits per heavy atom. The van der Waals surface area contributed by atoms with E-state index in [0.29, 0.717) is 23.7 Å². The SMILES string of the molecule is COCCCNc1ccccc1S(C)(=O)=O. The van der Waals surface area contributed by atoms with Crippen molar-refractivity contribution in [1.82, 2.24) is 0 Å². The van der Waals surface area contributed by atoms with Crippen molar-refractivity contribution in [2.24, 2.45) is 0 Å². The zero-order valence-electron chi connectivity index (χ0n) is 9.56. The van der Waals surface area contributed by atoms with Gasteiger partial charge in [0.05, 0.1) is 10.6 Å². The van der Waals surface area contributed by atoms with Crippen molar-refractivity contribution in [3.63, 3.8) is 0 Å². The van der Waals surface area contributed by atoms with E-state index in [9.17, 15) is 8.42 Å². The molecule has 1 aromatic rings. The molecule has 0 spiro atoms. The summed E-state index contributed by atoms with van der Waals surface area (Å²) in [5.74, 6) is 0. The van der Waals surface area contributed by atoms with Gasteiger partial charge < -0.3 is 10.1 Å². The maximum Gasteiger partial charge on any atom is 0.177 e. The van der Waals surface area contributed by atoms with Gasteiger partial charge in [-0.05, 0) is 18.6 Å². The molecule has 0 bridgehead atoms. The molecule has 0 aromatic heterocycles. The molecule has 0 atom stereocenters. The van der Waals surface area contributed by atoms with E-state index in [4.69, 9.17) is 4.74 Å². The summed E-state index contributed by atoms with van der Waals surface area (Å²) in [5, 5.41) is 3.10. The van der Waals surface area contributed by atoms with Gasteiger partial charge in [0.1, 0.15) is 0 Å². The highest BCUT2D eigenvalue weighted by Gasteiger charge is 2.11. The molecule has 0 radical (unpaired) electrons. The Hall–Kier alpha value is -1.07. The topological polar surface area (TPSA) is 55.4 Å². The zero-order chi connectivity index (χ0) is 12.0. The van der Waals surface area contributed by atoms with Crippen LogP contribution in [-0.4, -0.2) is 34.9 Å². The summed E-state index contributed by atoms with van der Waals surface area (Å²) >= 11 is 0. The molecule has 1 aromatic carbocycles. The second-order valence-electron chi connectivity index (χ2n) is 3.54. The highest BCUT2D eigenvalue weighted by atomic mass is 32.2. The molecule has 90 valence electrons. The first-order valence-corrected chi connectivity index (χ1v) is 6.96. The van der Waals surface area contributed by atoms with Crippen LogP contribution in [0, 0.1) is 0 Å². The fourth-order valence-electron chi connectivity index (χ4n) is 1.38. The van der Waals surface area contributed by atoms with Crippen LogP contribution in [0.4, 0.5) is 5.69 Å². The minimum atomic E-state index is -3.17. The quantitative estimate of drug-likeness (QED) is 0.770. The van der Waals surface area contributed by atoms with E-state index in [0.717, 1.165) is 6.42 Å². The summed E-state index contributed by atoms with van der Waals surface area (Å²) in [4.78, 5) is 0.340. The van der Waals surface area contributed by atoms with Gasteiger partial charge >= 0.3 is 0 Å². The van der Waals surface area contributed by atoms with Gasteiger partial charge in [-0.1, -0.05) is 12.1 Å². The normalized spacial score (nSPS) is 11.4. The maximum atomic E-state index is 11.5. The second kappa shape index (κ2) is 5.86. The minimum absolute atomic E-state index is 0.340. The fraction of sp³-hybridized carbons (Fsp3) is 0.455. The van der Waals surface area contributed by atoms with Crippen LogP contribution in [0.25, 0.3) is 0 Å². The number of rotatable bonds is 6. The second-order valence-corrected chi connectivity index (χ2v) is 5.53. The summed E-state index contributed by atoms with van der Waals surface area (Å²) in [5.41, 5.74) is 0.654. The van der Waals surface area contributed by atoms with Crippen LogP contribution in [0.15, 0.2) is 29.2 Å². The monoisotopic (exact) mass is 243 g/mol. The summed E-state index contributed by atoms with van der Waals surface area (Å²) in [7, 11) is -1.53. The largest absolute Gasteiger partial charge is 0.385 e. The van der Waals surface area contributed by atoms with Gasteiger partial charge in [-0.3, -0.25) is 0 Å². The third-order valence-electron chi connectivity index (χ3n) is 2.13. The molecule has 0 fully saturated rings. The van der Waals surface area contributed by atoms with Crippen LogP contribution in [-0.2, 0) is 14.6 Å². The van der Waals surface area contributed by atoms with Crippen LogP contribution in [0.5, 0.6) is 0 Å². The minimum Gasteiger partial charge on any atom is -0.385 e. The average Bonchev–Trinajstić information content (AvgIpc) is 2.24. The Morgan fingerprint density at radius 2 is 2.00 bits per heavy atom. The molecule has 0 amide bonds. The van der Waals surface area contributed by atoms with Crippen LogP contribution in [0.1, 0.15) is 6.42 Å². The summed E-state index contributed by atoms with van der Waals surface area (Å²) in [6.07, 6.45) is 2.05. The standard InChI is InChI=1S/C11H17NO3S/c1-15-9-5-8-12-10-6-3-4-7-11(10)16(2,13)14/h3-4,6-7,12H,5,8-9H2,1-2H3. The molecule has 0 aliphatic carbocycles. The first-order valence-electron chi connectivity index (χ1n) is 5.07. The predicted octanol–water partition coefficient (Wildman–Crippen LogP) is 1.54. The Balaban J connectivity index is 2.73. The van der Waals surface area contributed by atoms with Crippen molar-refractivity contribution < 1.29 is 13.2 Å². The number of benzene rings is 1. The van der Waals surface area contributed by atoms with Gasteiger partial charge in [-0.15, -0.1) is 0 Å². The average molecular weight is 243 g/mol. The highest BCUT2D eigenvalue weighted by molar-refractivity contribution is 7.90. The summed E-state index contributed by atoms with van der Waals surface area (Å²) in [6.45, 7) is 1.36. The Bertz CT molecular complexity index is 429. The van der Waals surface area contributed by atoms with Crippen LogP contribution < -0.4 is 5.32 Å². The van der Waals surface area contributed by atoms with Gasteiger partial charge in [-0.2, -0.15) is 0 Å². The number of hydrogen-bond acceptors (Lipinski definition) is 4. The van der Waals surface area contributed by atoms with Crippen molar-refractivity contribution in [1.29, 1.82) is 0 Å². The highest BCUT2D eigenvalue weighted by Crippen LogP contribution is 2.20. The number of ether oxygens (including phenoxy) is 1. The molecule has 16 heavy (non-hydrogen) atoms. The van der Waals surface area contributed by atoms with Crippen molar-refractivity contribution >= 4 is 15.5 Å². The number of anilines is 1. The van der Waals surface area contributed by atoms with Crippen molar-refractivity contribution in [2.45, 2.75) is 11.3 Å². The third-order valence-corrected chi connectivity index (χ3v) is 3.28. The summed E-state index contributed by atoms with van der Waals surface area (Å²) < 4.78 is 27.9. The van der Waals surface area contributed by atoms with E-state index in [1.165, 1.54) is 6.26 Å². The molecular weight excluding hydrogens is 226 g/mol. The van der Waals surface area contributed by atoms with E-state index in [-0.39, 0.29) is 0 Å². The molecule has 5 heteroatoms. The van der Waals surface area contributed by atoms with Gasteiger partial charge in [0.25, 0.3) is 0 Å². The lowest BCUT2D eigenvalue weighted by Gasteiger charge is -2.10. The molecular formula is C11H17NO3S. The first kappa shape index (κ1) is 13.0. The third kappa shape index (κ3) is 3.83. The van der Waals surface area contributed by atoms with E-state index in [1.807, 2.05) is 6.07 Å². The zero-order valence-corrected chi connectivity index (χ0v) is 10.4. The van der Waals surface area contributed by atoms with Gasteiger partial charge in [-0.25, -0.2) is 8.42 Å². The molecule has 1 rings (SSSR count). The number of hydrogen-bond donors (Lipinski definition) is 1. The van der Waals surface area contributed by atoms with Gasteiger partial charge in [0, 0.05) is 26.5 Å². The Kier molecular flexibility index (Phi) is 4.76. The van der Waals surface area contributed by atoms with E-state index in [2.05, 4.69) is 5.32 Å². The molecule has 0 heterocycles. The Morgan fingerprint density at radius 3 is 2.62 bits per heavy atom. The van der Waals surface area contributed by atoms with E-state index >= 15 is 0 Å². The number of methoxy groups -OCH3 is 1. The van der Waals surface area contributed by atoms with Crippen LogP contribution in [0.3, 0.4) is 0 Å². The Labute approximate surface area is 96.5 Å². The molecule has 0 saturated carbocycles. The number of nitrogens with one attached hydrogen (secondary N) is 1. The number of para-hydroxylation sites is 1. The fourth-order valence-corrected chi connectivity index (χ4v) is 2.24. The van der Waals surface area contributed by atoms with Crippen molar-refractivity contribution in [3.8, 4) is 0 Å². The van der Waals surface area contributed by atoms with Crippen LogP contribution >= 0.6 is 0 Å². The first-order chi connectivity index (χ1) is 7.55. The van der Waals surface area contributed by atoms with E-state index in [1.54, 1.807) is 25.3 Å². The van der Waals surface area contributed by atoms with Gasteiger partial charge in [0.2, 0.25) is 0 Å². The maximum absolute atomic E-state index is 11.5. The molecule has 4 nitrogen and oxygen atoms in total. The van der Waals surface area contributed by atoms with Gasteiger partial charge in [0.15, 0.2) is 9.84 Å². The smallest absolute Gasteiger partial charge is 0.177 e. The van der Waals surface area contributed by atoms with E-state index < -0.39 is 9.84 Å². The molecule has 0 unspecified atom stereocenters. The lowest BCUT2D eigenvalue weighted by molar-refractivity contribution is 0.198. The molecule has 0 aliphatic heterocycles. The predicted molar refractivity (Wildman–Crippen MR) is 64.5 cm³/mol. The summed E-state index contributed by atoms with van der Waals surface area (Å²) in [6, 6.07) is 6.90. The molecule has 0 saturated heterocycles.